The van der Waals surface area contributed by atoms with Crippen molar-refractivity contribution in [1.29, 1.82) is 0 Å². The lowest BCUT2D eigenvalue weighted by molar-refractivity contribution is 0.0497. The van der Waals surface area contributed by atoms with Gasteiger partial charge in [0.05, 0.1) is 17.9 Å². The number of unbranched alkanes of at least 4 members (excludes halogenated alkanes) is 5. The topological polar surface area (TPSA) is 78.3 Å². The van der Waals surface area contributed by atoms with Gasteiger partial charge in [0.25, 0.3) is 0 Å². The van der Waals surface area contributed by atoms with Crippen LogP contribution in [0.3, 0.4) is 0 Å². The first-order valence-corrected chi connectivity index (χ1v) is 16.1. The Morgan fingerprint density at radius 3 is 2.33 bits per heavy atom. The number of ether oxygens (including phenoxy) is 1. The number of allylic oxidation sites excluding steroid dienone is 4. The van der Waals surface area contributed by atoms with Crippen molar-refractivity contribution in [3.05, 3.63) is 65.5 Å². The molecule has 40 heavy (non-hydrogen) atoms. The molecule has 0 radical (unpaired) electrons. The van der Waals surface area contributed by atoms with E-state index in [-0.39, 0.29) is 5.97 Å². The molecule has 2 aromatic heterocycles. The highest BCUT2D eigenvalue weighted by atomic mass is 32.1. The number of carbonyl (C=O) groups is 1. The summed E-state index contributed by atoms with van der Waals surface area (Å²) in [5.74, 6) is -0.282. The maximum atomic E-state index is 12.3. The molecule has 1 aliphatic rings. The number of nitrogens with zero attached hydrogens (tertiary/aromatic N) is 3. The van der Waals surface area contributed by atoms with Crippen LogP contribution in [0.5, 0.6) is 0 Å². The normalized spacial score (nSPS) is 13.4. The first-order chi connectivity index (χ1) is 19.6. The minimum Gasteiger partial charge on any atom is -0.462 e. The van der Waals surface area contributed by atoms with Gasteiger partial charge < -0.3 is 15.1 Å². The molecule has 0 saturated carbocycles. The van der Waals surface area contributed by atoms with Crippen molar-refractivity contribution in [2.24, 2.45) is 10.2 Å². The average molecular weight is 580 g/mol. The Morgan fingerprint density at radius 2 is 1.62 bits per heavy atom. The fourth-order valence-corrected chi connectivity index (χ4v) is 6.67. The smallest absolute Gasteiger partial charge is 0.338 e. The van der Waals surface area contributed by atoms with Gasteiger partial charge in [0.2, 0.25) is 0 Å². The van der Waals surface area contributed by atoms with E-state index in [4.69, 9.17) is 4.74 Å². The molecule has 214 valence electrons. The number of anilines is 1. The van der Waals surface area contributed by atoms with E-state index >= 15 is 0 Å². The monoisotopic (exact) mass is 579 g/mol. The molecule has 1 aliphatic carbocycles. The van der Waals surface area contributed by atoms with E-state index in [0.29, 0.717) is 17.9 Å². The molecule has 0 spiro atoms. The third kappa shape index (κ3) is 8.66. The van der Waals surface area contributed by atoms with E-state index in [9.17, 15) is 4.79 Å². The highest BCUT2D eigenvalue weighted by molar-refractivity contribution is 7.31. The van der Waals surface area contributed by atoms with Gasteiger partial charge in [-0.25, -0.2) is 4.79 Å². The zero-order valence-corrected chi connectivity index (χ0v) is 25.5. The van der Waals surface area contributed by atoms with Crippen LogP contribution in [0.1, 0.15) is 82.5 Å². The van der Waals surface area contributed by atoms with Crippen LogP contribution >= 0.6 is 22.7 Å². The zero-order chi connectivity index (χ0) is 28.2. The maximum Gasteiger partial charge on any atom is 0.338 e. The molecule has 2 N–H and O–H groups in total. The molecule has 0 bridgehead atoms. The second-order valence-electron chi connectivity index (χ2n) is 9.85. The lowest BCUT2D eigenvalue weighted by Gasteiger charge is -2.27. The number of hydrazine groups is 1. The number of azo groups is 1. The van der Waals surface area contributed by atoms with Gasteiger partial charge in [-0.15, -0.1) is 32.9 Å². The van der Waals surface area contributed by atoms with Gasteiger partial charge in [-0.3, -0.25) is 5.43 Å². The second-order valence-corrected chi connectivity index (χ2v) is 12.0. The van der Waals surface area contributed by atoms with Crippen LogP contribution in [0.15, 0.2) is 70.2 Å². The molecule has 3 aromatic rings. The van der Waals surface area contributed by atoms with E-state index in [1.807, 2.05) is 0 Å². The van der Waals surface area contributed by atoms with Gasteiger partial charge in [0.1, 0.15) is 10.0 Å². The van der Waals surface area contributed by atoms with Gasteiger partial charge in [-0.05, 0) is 81.7 Å². The zero-order valence-electron chi connectivity index (χ0n) is 23.9. The average Bonchev–Trinajstić information content (AvgIpc) is 3.54. The Labute approximate surface area is 246 Å². The molecule has 0 atom stereocenters. The van der Waals surface area contributed by atoms with Crippen LogP contribution in [-0.4, -0.2) is 30.6 Å². The van der Waals surface area contributed by atoms with E-state index in [2.05, 4.69) is 71.0 Å². The number of esters is 1. The first kappa shape index (κ1) is 29.8. The van der Waals surface area contributed by atoms with Crippen LogP contribution in [-0.2, 0) is 4.74 Å². The third-order valence-corrected chi connectivity index (χ3v) is 9.03. The Hall–Kier alpha value is -3.17. The minimum atomic E-state index is -0.282. The van der Waals surface area contributed by atoms with Crippen molar-refractivity contribution in [2.45, 2.75) is 72.1 Å². The summed E-state index contributed by atoms with van der Waals surface area (Å²) in [4.78, 5) is 14.7. The quantitative estimate of drug-likeness (QED) is 0.0764. The van der Waals surface area contributed by atoms with E-state index in [1.54, 1.807) is 46.9 Å². The lowest BCUT2D eigenvalue weighted by Crippen LogP contribution is -2.26. The minimum absolute atomic E-state index is 0.282. The predicted molar refractivity (Wildman–Crippen MR) is 169 cm³/mol. The molecule has 0 amide bonds. The van der Waals surface area contributed by atoms with Crippen molar-refractivity contribution in [2.75, 3.05) is 25.1 Å². The van der Waals surface area contributed by atoms with Gasteiger partial charge in [0.15, 0.2) is 0 Å². The van der Waals surface area contributed by atoms with E-state index < -0.39 is 0 Å². The summed E-state index contributed by atoms with van der Waals surface area (Å²) in [5, 5.41) is 10.7. The second kappa shape index (κ2) is 15.6. The summed E-state index contributed by atoms with van der Waals surface area (Å²) in [6, 6.07) is 11.3. The summed E-state index contributed by atoms with van der Waals surface area (Å²) in [5.41, 5.74) is 10.6. The molecule has 0 aliphatic heterocycles. The number of fused-ring (bicyclic) bond motifs is 1. The van der Waals surface area contributed by atoms with Crippen LogP contribution < -0.4 is 10.9 Å². The Kier molecular flexibility index (Phi) is 11.6. The number of hydrogen-bond acceptors (Lipinski definition) is 9. The fourth-order valence-electron chi connectivity index (χ4n) is 4.60. The lowest BCUT2D eigenvalue weighted by atomic mass is 10.1. The van der Waals surface area contributed by atoms with Gasteiger partial charge in [-0.1, -0.05) is 39.0 Å². The number of nitrogens with one attached hydrogen (secondary N) is 2. The van der Waals surface area contributed by atoms with Crippen molar-refractivity contribution >= 4 is 53.7 Å². The Balaban J connectivity index is 1.23. The van der Waals surface area contributed by atoms with Crippen LogP contribution in [0, 0.1) is 0 Å². The van der Waals surface area contributed by atoms with Crippen molar-refractivity contribution < 1.29 is 9.53 Å². The fraction of sp³-hybridized carbons (Fsp3) is 0.452. The number of rotatable bonds is 16. The number of benzene rings is 1. The summed E-state index contributed by atoms with van der Waals surface area (Å²) < 4.78 is 7.75. The number of carbonyl (C=O) groups excluding carboxylic acids is 1. The van der Waals surface area contributed by atoms with Crippen LogP contribution in [0.25, 0.3) is 9.40 Å². The predicted octanol–water partition coefficient (Wildman–Crippen LogP) is 9.72. The molecule has 0 fully saturated rings. The molecule has 2 heterocycles. The van der Waals surface area contributed by atoms with Crippen LogP contribution in [0.4, 0.5) is 15.7 Å². The summed E-state index contributed by atoms with van der Waals surface area (Å²) in [7, 11) is 0. The summed E-state index contributed by atoms with van der Waals surface area (Å²) >= 11 is 3.30. The first-order valence-electron chi connectivity index (χ1n) is 14.5. The maximum absolute atomic E-state index is 12.3. The number of hydrogen-bond donors (Lipinski definition) is 2. The third-order valence-electron chi connectivity index (χ3n) is 6.94. The Bertz CT molecular complexity index is 1290. The largest absolute Gasteiger partial charge is 0.462 e. The van der Waals surface area contributed by atoms with Gasteiger partial charge in [0, 0.05) is 33.9 Å². The van der Waals surface area contributed by atoms with Crippen molar-refractivity contribution in [3.63, 3.8) is 0 Å². The molecular formula is C31H41N5O2S2. The highest BCUT2D eigenvalue weighted by Crippen LogP contribution is 2.40. The van der Waals surface area contributed by atoms with Crippen LogP contribution in [0.2, 0.25) is 0 Å². The Morgan fingerprint density at radius 1 is 0.875 bits per heavy atom. The van der Waals surface area contributed by atoms with Crippen molar-refractivity contribution in [3.8, 4) is 0 Å². The molecule has 1 aromatic carbocycles. The molecule has 9 heteroatoms. The molecular weight excluding hydrogens is 539 g/mol. The molecule has 7 nitrogen and oxygen atoms in total. The van der Waals surface area contributed by atoms with Crippen molar-refractivity contribution in [1.82, 2.24) is 10.3 Å². The van der Waals surface area contributed by atoms with E-state index in [1.165, 1.54) is 46.5 Å². The van der Waals surface area contributed by atoms with E-state index in [0.717, 1.165) is 48.8 Å². The summed E-state index contributed by atoms with van der Waals surface area (Å²) in [6.07, 6.45) is 13.5. The SMILES string of the molecule is CCCCCCCCOC(=O)c1ccc(/N=N/c2cc3sc(NNC4=CC=C(N(CC)CC)CC4)cc3s2)cc1. The van der Waals surface area contributed by atoms with Gasteiger partial charge in [-0.2, -0.15) is 0 Å². The number of thiophene rings is 2. The molecule has 4 rings (SSSR count). The molecule has 0 saturated heterocycles. The standard InChI is InChI=1S/C31H41N5O2S2/c1-4-7-8-9-10-11-20-38-31(37)23-12-14-24(15-13-23)32-34-29-21-27-28(39-29)22-30(40-27)35-33-25-16-18-26(19-17-25)36(5-2)6-3/h12-16,18,21-22,33,35H,4-11,17,19-20H2,1-3H3/b34-32+. The summed E-state index contributed by atoms with van der Waals surface area (Å²) in [6.45, 7) is 9.19. The molecule has 0 unspecified atom stereocenters. The highest BCUT2D eigenvalue weighted by Gasteiger charge is 2.12. The van der Waals surface area contributed by atoms with Gasteiger partial charge >= 0.3 is 5.97 Å².